The number of benzene rings is 2. The Hall–Kier alpha value is -3.73. The minimum Gasteiger partial charge on any atom is -0.348 e. The number of carbonyl (C=O) groups is 1. The number of rotatable bonds is 7. The van der Waals surface area contributed by atoms with Crippen LogP contribution in [0.3, 0.4) is 0 Å². The maximum atomic E-state index is 12.1. The molecule has 0 bridgehead atoms. The molecular weight excluding hydrogens is 384 g/mol. The van der Waals surface area contributed by atoms with Crippen LogP contribution in [0, 0.1) is 0 Å². The lowest BCUT2D eigenvalue weighted by Crippen LogP contribution is -2.43. The van der Waals surface area contributed by atoms with Crippen molar-refractivity contribution in [3.8, 4) is 22.4 Å². The molecule has 0 atom stereocenters. The number of hydrogen-bond donors (Lipinski definition) is 2. The highest BCUT2D eigenvalue weighted by Gasteiger charge is 2.24. The molecule has 0 radical (unpaired) electrons. The molecule has 1 saturated carbocycles. The van der Waals surface area contributed by atoms with Gasteiger partial charge in [0, 0.05) is 24.2 Å². The van der Waals surface area contributed by atoms with Gasteiger partial charge in [0.1, 0.15) is 0 Å². The summed E-state index contributed by atoms with van der Waals surface area (Å²) in [4.78, 5) is 12.1. The Morgan fingerprint density at radius 1 is 0.968 bits per heavy atom. The average Bonchev–Trinajstić information content (AvgIpc) is 3.49. The molecule has 1 aliphatic rings. The Bertz CT molecular complexity index is 1190. The lowest BCUT2D eigenvalue weighted by molar-refractivity contribution is -0.684. The summed E-state index contributed by atoms with van der Waals surface area (Å²) < 4.78 is 1.91. The Morgan fingerprint density at radius 2 is 1.77 bits per heavy atom. The fourth-order valence-electron chi connectivity index (χ4n) is 3.75. The summed E-state index contributed by atoms with van der Waals surface area (Å²) in [5.74, 6) is 0.0608. The molecule has 5 nitrogen and oxygen atoms in total. The Labute approximate surface area is 181 Å². The molecule has 1 aliphatic carbocycles. The van der Waals surface area contributed by atoms with Gasteiger partial charge in [0.25, 0.3) is 5.91 Å². The normalized spacial score (nSPS) is 13.2. The SMILES string of the molecule is O=C(C[n+]1cccc(-c2cc(Cc3cccc(-c4ccccc4)c3)[nH]n2)c1)NC1CC1. The maximum absolute atomic E-state index is 12.1. The van der Waals surface area contributed by atoms with E-state index in [-0.39, 0.29) is 5.91 Å². The third-order valence-corrected chi connectivity index (χ3v) is 5.48. The zero-order chi connectivity index (χ0) is 21.0. The van der Waals surface area contributed by atoms with Gasteiger partial charge in [0.2, 0.25) is 6.54 Å². The molecule has 2 aromatic heterocycles. The van der Waals surface area contributed by atoms with Crippen LogP contribution < -0.4 is 9.88 Å². The van der Waals surface area contributed by atoms with Crippen LogP contribution in [-0.4, -0.2) is 22.1 Å². The smallest absolute Gasteiger partial charge is 0.286 e. The third kappa shape index (κ3) is 4.89. The molecule has 5 heteroatoms. The maximum Gasteiger partial charge on any atom is 0.286 e. The van der Waals surface area contributed by atoms with Crippen LogP contribution in [0.4, 0.5) is 0 Å². The topological polar surface area (TPSA) is 61.7 Å². The second-order valence-electron chi connectivity index (χ2n) is 8.13. The quantitative estimate of drug-likeness (QED) is 0.455. The van der Waals surface area contributed by atoms with E-state index in [0.29, 0.717) is 12.6 Å². The van der Waals surface area contributed by atoms with Crippen LogP contribution in [0.2, 0.25) is 0 Å². The average molecular weight is 410 g/mol. The van der Waals surface area contributed by atoms with Gasteiger partial charge < -0.3 is 5.32 Å². The van der Waals surface area contributed by atoms with Gasteiger partial charge in [-0.15, -0.1) is 0 Å². The van der Waals surface area contributed by atoms with Crippen molar-refractivity contribution in [2.24, 2.45) is 0 Å². The first-order valence-electron chi connectivity index (χ1n) is 10.7. The summed E-state index contributed by atoms with van der Waals surface area (Å²) in [7, 11) is 0. The van der Waals surface area contributed by atoms with E-state index in [1.165, 1.54) is 16.7 Å². The van der Waals surface area contributed by atoms with E-state index in [0.717, 1.165) is 36.2 Å². The van der Waals surface area contributed by atoms with Crippen LogP contribution in [-0.2, 0) is 17.8 Å². The number of amides is 1. The van der Waals surface area contributed by atoms with E-state index in [1.807, 2.05) is 35.2 Å². The van der Waals surface area contributed by atoms with Gasteiger partial charge in [0.05, 0.1) is 11.3 Å². The first kappa shape index (κ1) is 19.2. The standard InChI is InChI=1S/C26H24N4O/c31-26(27-23-11-12-23)18-30-13-5-10-22(17-30)25-16-24(28-29-25)15-19-6-4-9-21(14-19)20-7-2-1-3-8-20/h1-10,13-14,16-17,23H,11-12,15,18H2,(H-,27,28,29,31)/p+1. The number of nitrogens with one attached hydrogen (secondary N) is 2. The lowest BCUT2D eigenvalue weighted by atomic mass is 10.0. The van der Waals surface area contributed by atoms with Crippen LogP contribution >= 0.6 is 0 Å². The second kappa shape index (κ2) is 8.56. The van der Waals surface area contributed by atoms with Crippen LogP contribution in [0.1, 0.15) is 24.1 Å². The van der Waals surface area contributed by atoms with E-state index < -0.39 is 0 Å². The molecule has 0 unspecified atom stereocenters. The van der Waals surface area contributed by atoms with Crippen molar-refractivity contribution in [2.75, 3.05) is 0 Å². The zero-order valence-electron chi connectivity index (χ0n) is 17.3. The van der Waals surface area contributed by atoms with Crippen LogP contribution in [0.15, 0.2) is 85.2 Å². The molecule has 5 rings (SSSR count). The fraction of sp³-hybridized carbons (Fsp3) is 0.192. The molecular formula is C26H25N4O+. The molecule has 154 valence electrons. The minimum absolute atomic E-state index is 0.0608. The number of nitrogens with zero attached hydrogens (tertiary/aromatic N) is 2. The number of pyridine rings is 1. The summed E-state index contributed by atoms with van der Waals surface area (Å²) in [6, 6.07) is 25.5. The van der Waals surface area contributed by atoms with Gasteiger partial charge in [0.15, 0.2) is 12.4 Å². The van der Waals surface area contributed by atoms with Crippen LogP contribution in [0.5, 0.6) is 0 Å². The van der Waals surface area contributed by atoms with Crippen LogP contribution in [0.25, 0.3) is 22.4 Å². The predicted molar refractivity (Wildman–Crippen MR) is 120 cm³/mol. The van der Waals surface area contributed by atoms with E-state index >= 15 is 0 Å². The summed E-state index contributed by atoms with van der Waals surface area (Å²) in [6.45, 7) is 0.327. The number of carbonyl (C=O) groups excluding carboxylic acids is 1. The van der Waals surface area contributed by atoms with Crippen molar-refractivity contribution in [1.29, 1.82) is 0 Å². The van der Waals surface area contributed by atoms with Crippen molar-refractivity contribution in [1.82, 2.24) is 15.5 Å². The molecule has 0 aliphatic heterocycles. The highest BCUT2D eigenvalue weighted by molar-refractivity contribution is 5.75. The molecule has 2 N–H and O–H groups in total. The van der Waals surface area contributed by atoms with Gasteiger partial charge in [-0.1, -0.05) is 54.6 Å². The summed E-state index contributed by atoms with van der Waals surface area (Å²) in [6.07, 6.45) is 6.87. The van der Waals surface area contributed by atoms with Gasteiger partial charge in [-0.2, -0.15) is 9.67 Å². The number of aromatic nitrogens is 3. The Morgan fingerprint density at radius 3 is 2.61 bits per heavy atom. The number of H-pyrrole nitrogens is 1. The fourth-order valence-corrected chi connectivity index (χ4v) is 3.75. The highest BCUT2D eigenvalue weighted by Crippen LogP contribution is 2.22. The second-order valence-corrected chi connectivity index (χ2v) is 8.13. The van der Waals surface area contributed by atoms with Gasteiger partial charge >= 0.3 is 0 Å². The van der Waals surface area contributed by atoms with E-state index in [1.54, 1.807) is 0 Å². The lowest BCUT2D eigenvalue weighted by Gasteiger charge is -2.04. The van der Waals surface area contributed by atoms with E-state index in [9.17, 15) is 4.79 Å². The Kier molecular flexibility index (Phi) is 5.31. The van der Waals surface area contributed by atoms with Crippen molar-refractivity contribution in [3.63, 3.8) is 0 Å². The summed E-state index contributed by atoms with van der Waals surface area (Å²) in [5.41, 5.74) is 6.59. The molecule has 1 amide bonds. The molecule has 4 aromatic rings. The van der Waals surface area contributed by atoms with E-state index in [2.05, 4.69) is 70.1 Å². The monoisotopic (exact) mass is 409 g/mol. The molecule has 2 aromatic carbocycles. The molecule has 1 fully saturated rings. The number of hydrogen-bond acceptors (Lipinski definition) is 2. The van der Waals surface area contributed by atoms with Gasteiger partial charge in [-0.25, -0.2) is 0 Å². The van der Waals surface area contributed by atoms with Gasteiger partial charge in [-0.3, -0.25) is 9.89 Å². The van der Waals surface area contributed by atoms with Gasteiger partial charge in [-0.05, 0) is 41.7 Å². The molecule has 31 heavy (non-hydrogen) atoms. The number of aromatic amines is 1. The third-order valence-electron chi connectivity index (χ3n) is 5.48. The highest BCUT2D eigenvalue weighted by atomic mass is 16.2. The molecule has 0 spiro atoms. The van der Waals surface area contributed by atoms with Crippen molar-refractivity contribution < 1.29 is 9.36 Å². The predicted octanol–water partition coefficient (Wildman–Crippen LogP) is 3.90. The van der Waals surface area contributed by atoms with E-state index in [4.69, 9.17) is 0 Å². The Balaban J connectivity index is 1.29. The largest absolute Gasteiger partial charge is 0.348 e. The van der Waals surface area contributed by atoms with Crippen molar-refractivity contribution in [2.45, 2.75) is 31.8 Å². The minimum atomic E-state index is 0.0608. The first-order chi connectivity index (χ1) is 15.2. The summed E-state index contributed by atoms with van der Waals surface area (Å²) >= 11 is 0. The molecule has 0 saturated heterocycles. The summed E-state index contributed by atoms with van der Waals surface area (Å²) in [5, 5.41) is 10.7. The first-order valence-corrected chi connectivity index (χ1v) is 10.7. The zero-order valence-corrected chi connectivity index (χ0v) is 17.3. The van der Waals surface area contributed by atoms with Crippen molar-refractivity contribution >= 4 is 5.91 Å². The molecule has 2 heterocycles. The van der Waals surface area contributed by atoms with Crippen molar-refractivity contribution in [3.05, 3.63) is 96.4 Å².